The van der Waals surface area contributed by atoms with Gasteiger partial charge in [0.25, 0.3) is 0 Å². The first-order valence-electron chi connectivity index (χ1n) is 11.8. The molecule has 178 valence electrons. The molecule has 0 unspecified atom stereocenters. The Morgan fingerprint density at radius 1 is 1.09 bits per heavy atom. The quantitative estimate of drug-likeness (QED) is 0.626. The van der Waals surface area contributed by atoms with Gasteiger partial charge in [-0.3, -0.25) is 4.90 Å². The largest absolute Gasteiger partial charge is 0.444 e. The zero-order valence-corrected chi connectivity index (χ0v) is 20.8. The first-order valence-corrected chi connectivity index (χ1v) is 12.1. The molecule has 0 radical (unpaired) electrons. The van der Waals surface area contributed by atoms with Crippen LogP contribution in [0.25, 0.3) is 0 Å². The molecule has 1 fully saturated rings. The van der Waals surface area contributed by atoms with Crippen LogP contribution in [0.4, 0.5) is 10.6 Å². The van der Waals surface area contributed by atoms with E-state index in [2.05, 4.69) is 57.0 Å². The third-order valence-electron chi connectivity index (χ3n) is 6.19. The van der Waals surface area contributed by atoms with Crippen molar-refractivity contribution in [3.63, 3.8) is 0 Å². The summed E-state index contributed by atoms with van der Waals surface area (Å²) in [5.41, 5.74) is 3.05. The Balaban J connectivity index is 1.48. The zero-order chi connectivity index (χ0) is 23.6. The number of benzene rings is 1. The second-order valence-electron chi connectivity index (χ2n) is 9.97. The number of nitrogens with zero attached hydrogens (tertiary/aromatic N) is 5. The van der Waals surface area contributed by atoms with E-state index in [1.54, 1.807) is 4.90 Å². The molecular weight excluding hydrogens is 438 g/mol. The van der Waals surface area contributed by atoms with Crippen molar-refractivity contribution in [2.45, 2.75) is 58.7 Å². The number of fused-ring (bicyclic) bond motifs is 1. The Labute approximate surface area is 201 Å². The Morgan fingerprint density at radius 3 is 2.52 bits per heavy atom. The second-order valence-corrected chi connectivity index (χ2v) is 10.3. The minimum Gasteiger partial charge on any atom is -0.444 e. The highest BCUT2D eigenvalue weighted by Crippen LogP contribution is 2.29. The number of piperazine rings is 1. The minimum atomic E-state index is -0.499. The standard InChI is InChI=1S/C25H34ClN5O2/c1-18-16-30(24(32)33-25(2,3)4)14-15-31(18)22-20-10-12-29(17-19-8-6-5-7-9-19)13-11-21(20)27-23(26)28-22/h5-9,18H,10-17H2,1-4H3/t18-/m0/s1. The highest BCUT2D eigenvalue weighted by atomic mass is 35.5. The van der Waals surface area contributed by atoms with Crippen molar-refractivity contribution in [2.75, 3.05) is 37.6 Å². The molecule has 0 N–H and O–H groups in total. The predicted molar refractivity (Wildman–Crippen MR) is 131 cm³/mol. The molecule has 1 aromatic heterocycles. The van der Waals surface area contributed by atoms with Gasteiger partial charge in [0.15, 0.2) is 0 Å². The third-order valence-corrected chi connectivity index (χ3v) is 6.36. The van der Waals surface area contributed by atoms with E-state index in [1.165, 1.54) is 11.1 Å². The Kier molecular flexibility index (Phi) is 7.10. The van der Waals surface area contributed by atoms with Crippen molar-refractivity contribution in [1.82, 2.24) is 19.8 Å². The van der Waals surface area contributed by atoms with E-state index in [4.69, 9.17) is 16.3 Å². The van der Waals surface area contributed by atoms with Gasteiger partial charge in [-0.05, 0) is 51.3 Å². The average molecular weight is 472 g/mol. The molecule has 0 saturated carbocycles. The fourth-order valence-electron chi connectivity index (χ4n) is 4.60. The number of hydrogen-bond donors (Lipinski definition) is 0. The lowest BCUT2D eigenvalue weighted by Crippen LogP contribution is -2.55. The normalized spacial score (nSPS) is 19.7. The van der Waals surface area contributed by atoms with E-state index in [0.29, 0.717) is 24.9 Å². The molecule has 2 aliphatic heterocycles. The number of ether oxygens (including phenoxy) is 1. The number of carbonyl (C=O) groups excluding carboxylic acids is 1. The smallest absolute Gasteiger partial charge is 0.410 e. The lowest BCUT2D eigenvalue weighted by atomic mass is 10.1. The highest BCUT2D eigenvalue weighted by Gasteiger charge is 2.32. The molecule has 8 heteroatoms. The molecule has 0 bridgehead atoms. The van der Waals surface area contributed by atoms with Crippen LogP contribution in [-0.4, -0.2) is 70.2 Å². The summed E-state index contributed by atoms with van der Waals surface area (Å²) >= 11 is 6.37. The van der Waals surface area contributed by atoms with Crippen molar-refractivity contribution in [2.24, 2.45) is 0 Å². The van der Waals surface area contributed by atoms with Crippen molar-refractivity contribution >= 4 is 23.5 Å². The number of hydrogen-bond acceptors (Lipinski definition) is 6. The van der Waals surface area contributed by atoms with Gasteiger partial charge in [0.1, 0.15) is 11.4 Å². The van der Waals surface area contributed by atoms with Gasteiger partial charge in [-0.15, -0.1) is 0 Å². The molecule has 1 saturated heterocycles. The fourth-order valence-corrected chi connectivity index (χ4v) is 4.78. The van der Waals surface area contributed by atoms with Gasteiger partial charge in [-0.2, -0.15) is 0 Å². The molecule has 4 rings (SSSR count). The van der Waals surface area contributed by atoms with Gasteiger partial charge in [0.2, 0.25) is 5.28 Å². The molecule has 2 aliphatic rings. The minimum absolute atomic E-state index is 0.102. The van der Waals surface area contributed by atoms with Crippen LogP contribution in [0.15, 0.2) is 30.3 Å². The van der Waals surface area contributed by atoms with Crippen LogP contribution in [0.2, 0.25) is 5.28 Å². The number of carbonyl (C=O) groups is 1. The summed E-state index contributed by atoms with van der Waals surface area (Å²) in [6.45, 7) is 12.5. The van der Waals surface area contributed by atoms with Crippen molar-refractivity contribution in [1.29, 1.82) is 0 Å². The summed E-state index contributed by atoms with van der Waals surface area (Å²) in [4.78, 5) is 28.4. The summed E-state index contributed by atoms with van der Waals surface area (Å²) in [6, 6.07) is 10.7. The van der Waals surface area contributed by atoms with Crippen LogP contribution in [0.1, 0.15) is 44.5 Å². The van der Waals surface area contributed by atoms with Crippen LogP contribution < -0.4 is 4.90 Å². The molecule has 0 aliphatic carbocycles. The number of rotatable bonds is 3. The summed E-state index contributed by atoms with van der Waals surface area (Å²) < 4.78 is 5.57. The summed E-state index contributed by atoms with van der Waals surface area (Å²) in [7, 11) is 0. The maximum absolute atomic E-state index is 12.6. The number of halogens is 1. The molecule has 2 aromatic rings. The predicted octanol–water partition coefficient (Wildman–Crippen LogP) is 4.18. The maximum Gasteiger partial charge on any atom is 0.410 e. The van der Waals surface area contributed by atoms with E-state index in [9.17, 15) is 4.79 Å². The molecule has 1 aromatic carbocycles. The molecule has 3 heterocycles. The van der Waals surface area contributed by atoms with Crippen LogP contribution in [0.5, 0.6) is 0 Å². The monoisotopic (exact) mass is 471 g/mol. The summed E-state index contributed by atoms with van der Waals surface area (Å²) in [6.07, 6.45) is 1.47. The van der Waals surface area contributed by atoms with Gasteiger partial charge in [0, 0.05) is 57.3 Å². The van der Waals surface area contributed by atoms with Crippen LogP contribution in [0, 0.1) is 0 Å². The van der Waals surface area contributed by atoms with E-state index in [1.807, 2.05) is 20.8 Å². The van der Waals surface area contributed by atoms with E-state index < -0.39 is 5.60 Å². The van der Waals surface area contributed by atoms with Crippen LogP contribution >= 0.6 is 11.6 Å². The number of anilines is 1. The Bertz CT molecular complexity index is 979. The SMILES string of the molecule is C[C@H]1CN(C(=O)OC(C)(C)C)CCN1c1nc(Cl)nc2c1CCN(Cc1ccccc1)CC2. The lowest BCUT2D eigenvalue weighted by Gasteiger charge is -2.41. The second kappa shape index (κ2) is 9.85. The Hall–Kier alpha value is -2.38. The topological polar surface area (TPSA) is 61.8 Å². The van der Waals surface area contributed by atoms with E-state index >= 15 is 0 Å². The van der Waals surface area contributed by atoms with Gasteiger partial charge < -0.3 is 14.5 Å². The molecule has 33 heavy (non-hydrogen) atoms. The van der Waals surface area contributed by atoms with Gasteiger partial charge >= 0.3 is 6.09 Å². The molecule has 0 spiro atoms. The van der Waals surface area contributed by atoms with Crippen molar-refractivity contribution < 1.29 is 9.53 Å². The molecule has 7 nitrogen and oxygen atoms in total. The average Bonchev–Trinajstić information content (AvgIpc) is 2.95. The number of amides is 1. The van der Waals surface area contributed by atoms with E-state index in [-0.39, 0.29) is 12.1 Å². The lowest BCUT2D eigenvalue weighted by molar-refractivity contribution is 0.0218. The fraction of sp³-hybridized carbons (Fsp3) is 0.560. The number of aromatic nitrogens is 2. The molecule has 1 amide bonds. The first-order chi connectivity index (χ1) is 15.7. The van der Waals surface area contributed by atoms with Crippen molar-refractivity contribution in [3.8, 4) is 0 Å². The van der Waals surface area contributed by atoms with Crippen molar-refractivity contribution in [3.05, 3.63) is 52.4 Å². The van der Waals surface area contributed by atoms with Gasteiger partial charge in [0.05, 0.1) is 5.69 Å². The third kappa shape index (κ3) is 5.95. The molecular formula is C25H34ClN5O2. The van der Waals surface area contributed by atoms with Gasteiger partial charge in [-0.1, -0.05) is 30.3 Å². The molecule has 1 atom stereocenters. The summed E-state index contributed by atoms with van der Waals surface area (Å²) in [5, 5.41) is 0.294. The van der Waals surface area contributed by atoms with Crippen LogP contribution in [-0.2, 0) is 24.1 Å². The highest BCUT2D eigenvalue weighted by molar-refractivity contribution is 6.28. The first kappa shape index (κ1) is 23.8. The summed E-state index contributed by atoms with van der Waals surface area (Å²) in [5.74, 6) is 0.919. The maximum atomic E-state index is 12.6. The zero-order valence-electron chi connectivity index (χ0n) is 20.1. The van der Waals surface area contributed by atoms with Crippen LogP contribution in [0.3, 0.4) is 0 Å². The van der Waals surface area contributed by atoms with E-state index in [0.717, 1.165) is 44.0 Å². The van der Waals surface area contributed by atoms with Gasteiger partial charge in [-0.25, -0.2) is 14.8 Å². The Morgan fingerprint density at radius 2 is 1.82 bits per heavy atom.